The van der Waals surface area contributed by atoms with E-state index in [0.29, 0.717) is 26.1 Å². The molecule has 1 aliphatic rings. The average Bonchev–Trinajstić information content (AvgIpc) is 2.24. The lowest BCUT2D eigenvalue weighted by Crippen LogP contribution is -2.54. The molecule has 0 radical (unpaired) electrons. The Morgan fingerprint density at radius 2 is 1.84 bits per heavy atom. The second-order valence-electron chi connectivity index (χ2n) is 6.18. The molecule has 1 heterocycles. The molecule has 0 spiro atoms. The molecule has 6 heteroatoms. The fourth-order valence-corrected chi connectivity index (χ4v) is 2.09. The molecule has 6 nitrogen and oxygen atoms in total. The number of alkyl carbamates (subject to hydrolysis) is 1. The molecular weight excluding hydrogens is 250 g/mol. The van der Waals surface area contributed by atoms with E-state index in [-0.39, 0.29) is 0 Å². The van der Waals surface area contributed by atoms with Crippen molar-refractivity contribution in [1.29, 1.82) is 0 Å². The van der Waals surface area contributed by atoms with Crippen LogP contribution in [-0.4, -0.2) is 42.0 Å². The Morgan fingerprint density at radius 3 is 2.26 bits per heavy atom. The maximum atomic E-state index is 11.7. The summed E-state index contributed by atoms with van der Waals surface area (Å²) in [6, 6.07) is -0.966. The highest BCUT2D eigenvalue weighted by Crippen LogP contribution is 2.33. The van der Waals surface area contributed by atoms with E-state index in [4.69, 9.17) is 9.47 Å². The summed E-state index contributed by atoms with van der Waals surface area (Å²) in [6.45, 7) is 8.08. The van der Waals surface area contributed by atoms with Crippen molar-refractivity contribution >= 4 is 12.1 Å². The van der Waals surface area contributed by atoms with Crippen LogP contribution in [-0.2, 0) is 14.3 Å². The van der Waals surface area contributed by atoms with Gasteiger partial charge in [0.05, 0.1) is 0 Å². The third kappa shape index (κ3) is 4.70. The number of carboxylic acids is 1. The van der Waals surface area contributed by atoms with Gasteiger partial charge >= 0.3 is 12.1 Å². The lowest BCUT2D eigenvalue weighted by Gasteiger charge is -2.38. The second-order valence-corrected chi connectivity index (χ2v) is 6.18. The Bertz CT molecular complexity index is 341. The average molecular weight is 273 g/mol. The highest BCUT2D eigenvalue weighted by molar-refractivity contribution is 5.81. The van der Waals surface area contributed by atoms with Crippen molar-refractivity contribution in [2.45, 2.75) is 52.2 Å². The van der Waals surface area contributed by atoms with Crippen LogP contribution in [0.5, 0.6) is 0 Å². The van der Waals surface area contributed by atoms with E-state index in [2.05, 4.69) is 5.32 Å². The summed E-state index contributed by atoms with van der Waals surface area (Å²) in [5, 5.41) is 11.8. The predicted molar refractivity (Wildman–Crippen MR) is 69.0 cm³/mol. The molecule has 1 atom stereocenters. The van der Waals surface area contributed by atoms with Gasteiger partial charge < -0.3 is 19.9 Å². The number of hydrogen-bond donors (Lipinski definition) is 2. The Kier molecular flexibility index (Phi) is 4.79. The number of nitrogens with one attached hydrogen (secondary N) is 1. The zero-order chi connectivity index (χ0) is 14.7. The predicted octanol–water partition coefficient (Wildman–Crippen LogP) is 1.78. The molecule has 1 saturated heterocycles. The third-order valence-electron chi connectivity index (χ3n) is 3.24. The molecule has 0 aromatic carbocycles. The summed E-state index contributed by atoms with van der Waals surface area (Å²) in [7, 11) is 0. The summed E-state index contributed by atoms with van der Waals surface area (Å²) in [5.41, 5.74) is -1.16. The third-order valence-corrected chi connectivity index (χ3v) is 3.24. The molecule has 1 rings (SSSR count). The SMILES string of the molecule is CC(C)(C)OC(=O)N[C@@H](C(=O)O)C1(C)CCOCC1. The van der Waals surface area contributed by atoms with E-state index in [9.17, 15) is 14.7 Å². The molecule has 1 aliphatic heterocycles. The minimum Gasteiger partial charge on any atom is -0.480 e. The van der Waals surface area contributed by atoms with Crippen LogP contribution in [0.15, 0.2) is 0 Å². The van der Waals surface area contributed by atoms with E-state index < -0.39 is 29.1 Å². The van der Waals surface area contributed by atoms with E-state index >= 15 is 0 Å². The number of aliphatic carboxylic acids is 1. The van der Waals surface area contributed by atoms with Crippen molar-refractivity contribution in [3.8, 4) is 0 Å². The van der Waals surface area contributed by atoms with Gasteiger partial charge in [-0.3, -0.25) is 0 Å². The molecule has 1 fully saturated rings. The van der Waals surface area contributed by atoms with Crippen LogP contribution in [0.2, 0.25) is 0 Å². The number of carboxylic acid groups (broad SMARTS) is 1. The van der Waals surface area contributed by atoms with Gasteiger partial charge in [0.2, 0.25) is 0 Å². The van der Waals surface area contributed by atoms with Crippen LogP contribution in [0.25, 0.3) is 0 Å². The van der Waals surface area contributed by atoms with Crippen LogP contribution in [0.1, 0.15) is 40.5 Å². The van der Waals surface area contributed by atoms with Gasteiger partial charge in [-0.2, -0.15) is 0 Å². The minimum atomic E-state index is -1.05. The van der Waals surface area contributed by atoms with Crippen molar-refractivity contribution in [1.82, 2.24) is 5.32 Å². The minimum absolute atomic E-state index is 0.510. The van der Waals surface area contributed by atoms with Gasteiger partial charge in [0.1, 0.15) is 11.6 Å². The lowest BCUT2D eigenvalue weighted by atomic mass is 9.75. The molecule has 0 aromatic heterocycles. The monoisotopic (exact) mass is 273 g/mol. The molecule has 0 bridgehead atoms. The van der Waals surface area contributed by atoms with Crippen LogP contribution in [0.4, 0.5) is 4.79 Å². The highest BCUT2D eigenvalue weighted by Gasteiger charge is 2.42. The first-order chi connectivity index (χ1) is 8.64. The fourth-order valence-electron chi connectivity index (χ4n) is 2.09. The molecular formula is C13H23NO5. The Hall–Kier alpha value is -1.30. The molecule has 1 amide bonds. The molecule has 0 saturated carbocycles. The van der Waals surface area contributed by atoms with Gasteiger partial charge in [-0.1, -0.05) is 6.92 Å². The summed E-state index contributed by atoms with van der Waals surface area (Å²) in [6.07, 6.45) is 0.493. The van der Waals surface area contributed by atoms with Crippen LogP contribution < -0.4 is 5.32 Å². The number of amides is 1. The maximum Gasteiger partial charge on any atom is 0.408 e. The molecule has 110 valence electrons. The van der Waals surface area contributed by atoms with Crippen LogP contribution in [0, 0.1) is 5.41 Å². The van der Waals surface area contributed by atoms with Crippen LogP contribution >= 0.6 is 0 Å². The first-order valence-electron chi connectivity index (χ1n) is 6.44. The number of ether oxygens (including phenoxy) is 2. The van der Waals surface area contributed by atoms with Gasteiger partial charge in [0.25, 0.3) is 0 Å². The van der Waals surface area contributed by atoms with Gasteiger partial charge in [-0.25, -0.2) is 9.59 Å². The normalized spacial score (nSPS) is 20.4. The molecule has 0 aromatic rings. The smallest absolute Gasteiger partial charge is 0.408 e. The molecule has 19 heavy (non-hydrogen) atoms. The zero-order valence-electron chi connectivity index (χ0n) is 12.0. The Balaban J connectivity index is 2.73. The quantitative estimate of drug-likeness (QED) is 0.818. The lowest BCUT2D eigenvalue weighted by molar-refractivity contribution is -0.145. The van der Waals surface area contributed by atoms with Crippen molar-refractivity contribution in [3.63, 3.8) is 0 Å². The maximum absolute atomic E-state index is 11.7. The van der Waals surface area contributed by atoms with Crippen molar-refractivity contribution in [2.24, 2.45) is 5.41 Å². The summed E-state index contributed by atoms with van der Waals surface area (Å²) in [5.74, 6) is -1.05. The molecule has 0 aliphatic carbocycles. The zero-order valence-corrected chi connectivity index (χ0v) is 12.0. The first kappa shape index (κ1) is 15.8. The number of carbonyl (C=O) groups is 2. The Morgan fingerprint density at radius 1 is 1.32 bits per heavy atom. The number of rotatable bonds is 3. The fraction of sp³-hybridized carbons (Fsp3) is 0.846. The van der Waals surface area contributed by atoms with Crippen molar-refractivity contribution < 1.29 is 24.2 Å². The Labute approximate surface area is 113 Å². The van der Waals surface area contributed by atoms with E-state index in [1.54, 1.807) is 20.8 Å². The summed E-state index contributed by atoms with van der Waals surface area (Å²) in [4.78, 5) is 23.1. The second kappa shape index (κ2) is 5.77. The summed E-state index contributed by atoms with van der Waals surface area (Å²) < 4.78 is 10.4. The van der Waals surface area contributed by atoms with Crippen LogP contribution in [0.3, 0.4) is 0 Å². The van der Waals surface area contributed by atoms with Crippen molar-refractivity contribution in [2.75, 3.05) is 13.2 Å². The van der Waals surface area contributed by atoms with Gasteiger partial charge in [0.15, 0.2) is 0 Å². The number of carbonyl (C=O) groups excluding carboxylic acids is 1. The highest BCUT2D eigenvalue weighted by atomic mass is 16.6. The summed E-state index contributed by atoms with van der Waals surface area (Å²) >= 11 is 0. The standard InChI is InChI=1S/C13H23NO5/c1-12(2,3)19-11(17)14-9(10(15)16)13(4)5-7-18-8-6-13/h9H,5-8H2,1-4H3,(H,14,17)(H,15,16)/t9-/m0/s1. The van der Waals surface area contributed by atoms with Gasteiger partial charge in [0, 0.05) is 18.6 Å². The van der Waals surface area contributed by atoms with Gasteiger partial charge in [-0.15, -0.1) is 0 Å². The molecule has 2 N–H and O–H groups in total. The van der Waals surface area contributed by atoms with Gasteiger partial charge in [-0.05, 0) is 33.6 Å². The first-order valence-corrected chi connectivity index (χ1v) is 6.44. The largest absolute Gasteiger partial charge is 0.480 e. The van der Waals surface area contributed by atoms with E-state index in [1.165, 1.54) is 0 Å². The topological polar surface area (TPSA) is 84.9 Å². The number of hydrogen-bond acceptors (Lipinski definition) is 4. The van der Waals surface area contributed by atoms with Crippen molar-refractivity contribution in [3.05, 3.63) is 0 Å². The molecule has 0 unspecified atom stereocenters. The van der Waals surface area contributed by atoms with E-state index in [0.717, 1.165) is 0 Å². The van der Waals surface area contributed by atoms with E-state index in [1.807, 2.05) is 6.92 Å².